The van der Waals surface area contributed by atoms with Gasteiger partial charge in [-0.15, -0.1) is 0 Å². The number of nitrogens with two attached hydrogens (primary N) is 1. The second kappa shape index (κ2) is 6.14. The van der Waals surface area contributed by atoms with Gasteiger partial charge < -0.3 is 10.2 Å². The summed E-state index contributed by atoms with van der Waals surface area (Å²) in [5.74, 6) is 6.19. The van der Waals surface area contributed by atoms with Crippen LogP contribution < -0.4 is 11.3 Å². The minimum atomic E-state index is 0.582. The maximum Gasteiger partial charge on any atom is 0.142 e. The second-order valence-electron chi connectivity index (χ2n) is 3.93. The quantitative estimate of drug-likeness (QED) is 0.282. The molecule has 2 rings (SSSR count). The highest BCUT2D eigenvalue weighted by Gasteiger charge is 2.02. The Morgan fingerprint density at radius 3 is 2.72 bits per heavy atom. The van der Waals surface area contributed by atoms with E-state index in [4.69, 9.17) is 10.6 Å². The number of ether oxygens (including phenoxy) is 1. The number of nitrogens with one attached hydrogen (secondary N) is 1. The summed E-state index contributed by atoms with van der Waals surface area (Å²) in [5, 5.41) is 2.37. The minimum Gasteiger partial charge on any atom is -0.383 e. The fraction of sp³-hybridized carbons (Fsp3) is 0.214. The van der Waals surface area contributed by atoms with Crippen molar-refractivity contribution in [3.05, 3.63) is 48.0 Å². The van der Waals surface area contributed by atoms with Gasteiger partial charge in [-0.1, -0.05) is 36.4 Å². The summed E-state index contributed by atoms with van der Waals surface area (Å²) < 4.78 is 4.97. The van der Waals surface area contributed by atoms with E-state index >= 15 is 0 Å². The van der Waals surface area contributed by atoms with Gasteiger partial charge in [0.15, 0.2) is 0 Å². The van der Waals surface area contributed by atoms with Crippen molar-refractivity contribution in [3.8, 4) is 0 Å². The van der Waals surface area contributed by atoms with Crippen molar-refractivity contribution in [2.45, 2.75) is 0 Å². The van der Waals surface area contributed by atoms with Gasteiger partial charge in [-0.2, -0.15) is 0 Å². The third kappa shape index (κ3) is 2.85. The summed E-state index contributed by atoms with van der Waals surface area (Å²) in [5.41, 5.74) is 3.62. The highest BCUT2D eigenvalue weighted by atomic mass is 16.5. The number of hydrazine groups is 1. The van der Waals surface area contributed by atoms with Gasteiger partial charge in [0, 0.05) is 12.7 Å². The standard InChI is InChI=1S/C14H17N3O/c1-18-9-8-16-14(17-15)13-7-6-11-4-2-3-5-12(11)10-13/h2-7,10H,8-9,15H2,1H3,(H,16,17). The lowest BCUT2D eigenvalue weighted by atomic mass is 10.1. The van der Waals surface area contributed by atoms with Gasteiger partial charge >= 0.3 is 0 Å². The molecule has 2 aromatic rings. The van der Waals surface area contributed by atoms with Gasteiger partial charge in [-0.05, 0) is 16.8 Å². The van der Waals surface area contributed by atoms with Crippen LogP contribution in [0.15, 0.2) is 47.5 Å². The van der Waals surface area contributed by atoms with Gasteiger partial charge in [0.25, 0.3) is 0 Å². The summed E-state index contributed by atoms with van der Waals surface area (Å²) in [6, 6.07) is 14.3. The monoisotopic (exact) mass is 243 g/mol. The molecule has 0 aliphatic carbocycles. The number of fused-ring (bicyclic) bond motifs is 1. The highest BCUT2D eigenvalue weighted by molar-refractivity contribution is 6.01. The van der Waals surface area contributed by atoms with Crippen LogP contribution in [0.3, 0.4) is 0 Å². The first-order chi connectivity index (χ1) is 8.85. The number of hydrogen-bond donors (Lipinski definition) is 2. The zero-order valence-corrected chi connectivity index (χ0v) is 10.4. The molecule has 0 saturated heterocycles. The van der Waals surface area contributed by atoms with Crippen LogP contribution in [-0.4, -0.2) is 26.1 Å². The maximum atomic E-state index is 5.51. The molecule has 0 spiro atoms. The van der Waals surface area contributed by atoms with E-state index in [1.807, 2.05) is 18.2 Å². The van der Waals surface area contributed by atoms with Crippen molar-refractivity contribution in [1.29, 1.82) is 0 Å². The minimum absolute atomic E-state index is 0.582. The molecule has 0 saturated carbocycles. The lowest BCUT2D eigenvalue weighted by Gasteiger charge is -2.07. The van der Waals surface area contributed by atoms with Gasteiger partial charge in [-0.3, -0.25) is 4.99 Å². The van der Waals surface area contributed by atoms with Crippen LogP contribution >= 0.6 is 0 Å². The molecule has 4 nitrogen and oxygen atoms in total. The molecule has 18 heavy (non-hydrogen) atoms. The highest BCUT2D eigenvalue weighted by Crippen LogP contribution is 2.15. The molecule has 0 atom stereocenters. The number of methoxy groups -OCH3 is 1. The van der Waals surface area contributed by atoms with E-state index in [9.17, 15) is 0 Å². The third-order valence-electron chi connectivity index (χ3n) is 2.72. The topological polar surface area (TPSA) is 59.6 Å². The Labute approximate surface area is 106 Å². The van der Waals surface area contributed by atoms with E-state index in [1.54, 1.807) is 7.11 Å². The number of nitrogens with zero attached hydrogens (tertiary/aromatic N) is 1. The normalized spacial score (nSPS) is 11.8. The maximum absolute atomic E-state index is 5.51. The zero-order chi connectivity index (χ0) is 12.8. The predicted molar refractivity (Wildman–Crippen MR) is 74.6 cm³/mol. The molecule has 3 N–H and O–H groups in total. The van der Waals surface area contributed by atoms with Gasteiger partial charge in [-0.25, -0.2) is 5.84 Å². The lowest BCUT2D eigenvalue weighted by molar-refractivity contribution is 0.208. The van der Waals surface area contributed by atoms with Crippen molar-refractivity contribution in [3.63, 3.8) is 0 Å². The zero-order valence-electron chi connectivity index (χ0n) is 10.4. The Morgan fingerprint density at radius 2 is 2.00 bits per heavy atom. The first-order valence-electron chi connectivity index (χ1n) is 5.84. The predicted octanol–water partition coefficient (Wildman–Crippen LogP) is 1.70. The first kappa shape index (κ1) is 12.5. The summed E-state index contributed by atoms with van der Waals surface area (Å²) in [6.45, 7) is 1.17. The first-order valence-corrected chi connectivity index (χ1v) is 5.84. The Kier molecular flexibility index (Phi) is 4.28. The molecule has 0 aliphatic rings. The van der Waals surface area contributed by atoms with Crippen LogP contribution in [0.5, 0.6) is 0 Å². The summed E-state index contributed by atoms with van der Waals surface area (Å²) in [7, 11) is 1.65. The number of amidine groups is 1. The summed E-state index contributed by atoms with van der Waals surface area (Å²) in [4.78, 5) is 4.36. The largest absolute Gasteiger partial charge is 0.383 e. The number of hydrogen-bond acceptors (Lipinski definition) is 3. The lowest BCUT2D eigenvalue weighted by Crippen LogP contribution is -2.31. The Morgan fingerprint density at radius 1 is 1.22 bits per heavy atom. The van der Waals surface area contributed by atoms with Crippen molar-refractivity contribution in [2.24, 2.45) is 10.8 Å². The van der Waals surface area contributed by atoms with E-state index in [1.165, 1.54) is 10.8 Å². The van der Waals surface area contributed by atoms with Crippen LogP contribution in [0.4, 0.5) is 0 Å². The van der Waals surface area contributed by atoms with Gasteiger partial charge in [0.1, 0.15) is 5.84 Å². The van der Waals surface area contributed by atoms with E-state index < -0.39 is 0 Å². The second-order valence-corrected chi connectivity index (χ2v) is 3.93. The molecule has 0 aliphatic heterocycles. The van der Waals surface area contributed by atoms with Crippen LogP contribution in [0, 0.1) is 0 Å². The molecule has 4 heteroatoms. The van der Waals surface area contributed by atoms with Crippen LogP contribution in [0.25, 0.3) is 10.8 Å². The average Bonchev–Trinajstić information content (AvgIpc) is 2.43. The van der Waals surface area contributed by atoms with Gasteiger partial charge in [0.2, 0.25) is 0 Å². The van der Waals surface area contributed by atoms with Crippen LogP contribution in [0.1, 0.15) is 5.56 Å². The molecule has 0 fully saturated rings. The van der Waals surface area contributed by atoms with Crippen molar-refractivity contribution >= 4 is 16.6 Å². The van der Waals surface area contributed by atoms with E-state index in [-0.39, 0.29) is 0 Å². The molecule has 0 heterocycles. The smallest absolute Gasteiger partial charge is 0.142 e. The Balaban J connectivity index is 2.30. The van der Waals surface area contributed by atoms with Crippen molar-refractivity contribution < 1.29 is 4.74 Å². The van der Waals surface area contributed by atoms with E-state index in [0.29, 0.717) is 19.0 Å². The molecular formula is C14H17N3O. The van der Waals surface area contributed by atoms with E-state index in [2.05, 4.69) is 34.7 Å². The number of aliphatic imine (C=N–C) groups is 1. The Bertz CT molecular complexity index is 551. The third-order valence-corrected chi connectivity index (χ3v) is 2.72. The number of benzene rings is 2. The fourth-order valence-corrected chi connectivity index (χ4v) is 1.81. The van der Waals surface area contributed by atoms with E-state index in [0.717, 1.165) is 5.56 Å². The Hall–Kier alpha value is -1.91. The molecule has 94 valence electrons. The molecular weight excluding hydrogens is 226 g/mol. The molecule has 0 bridgehead atoms. The molecule has 0 radical (unpaired) electrons. The molecule has 0 amide bonds. The molecule has 2 aromatic carbocycles. The van der Waals surface area contributed by atoms with Crippen molar-refractivity contribution in [2.75, 3.05) is 20.3 Å². The van der Waals surface area contributed by atoms with Crippen LogP contribution in [0.2, 0.25) is 0 Å². The van der Waals surface area contributed by atoms with Gasteiger partial charge in [0.05, 0.1) is 13.2 Å². The average molecular weight is 243 g/mol. The number of rotatable bonds is 4. The van der Waals surface area contributed by atoms with Crippen molar-refractivity contribution in [1.82, 2.24) is 5.43 Å². The SMILES string of the molecule is COCCN=C(NN)c1ccc2ccccc2c1. The summed E-state index contributed by atoms with van der Waals surface area (Å²) >= 11 is 0. The molecule has 0 aromatic heterocycles. The fourth-order valence-electron chi connectivity index (χ4n) is 1.81. The van der Waals surface area contributed by atoms with Crippen LogP contribution in [-0.2, 0) is 4.74 Å². The molecule has 0 unspecified atom stereocenters. The summed E-state index contributed by atoms with van der Waals surface area (Å²) in [6.07, 6.45) is 0.